The van der Waals surface area contributed by atoms with E-state index >= 15 is 0 Å². The van der Waals surface area contributed by atoms with Crippen molar-refractivity contribution in [1.82, 2.24) is 30.5 Å². The molecule has 1 aromatic rings. The van der Waals surface area contributed by atoms with Crippen LogP contribution in [0.3, 0.4) is 0 Å². The van der Waals surface area contributed by atoms with E-state index in [4.69, 9.17) is 0 Å². The summed E-state index contributed by atoms with van der Waals surface area (Å²) in [6, 6.07) is 4.77. The Morgan fingerprint density at radius 3 is 2.20 bits per heavy atom. The minimum atomic E-state index is -0.998. The number of benzene rings is 1. The van der Waals surface area contributed by atoms with Gasteiger partial charge < -0.3 is 26.2 Å². The zero-order valence-corrected chi connectivity index (χ0v) is 33.1. The number of nitrogens with zero attached hydrogens (tertiary/aromatic N) is 2. The fourth-order valence-electron chi connectivity index (χ4n) is 6.45. The van der Waals surface area contributed by atoms with Crippen LogP contribution in [0.4, 0.5) is 4.79 Å². The number of ketones is 1. The van der Waals surface area contributed by atoms with Crippen molar-refractivity contribution in [2.45, 2.75) is 124 Å². The Balaban J connectivity index is 0.00000290. The topological polar surface area (TPSA) is 140 Å². The predicted octanol–water partition coefficient (Wildman–Crippen LogP) is 5.04. The van der Waals surface area contributed by atoms with Crippen molar-refractivity contribution in [1.29, 1.82) is 0 Å². The average Bonchev–Trinajstić information content (AvgIpc) is 3.75. The monoisotopic (exact) mass is 728 g/mol. The first-order valence-corrected chi connectivity index (χ1v) is 19.7. The standard InChI is InChI=1S/C36H56N6O5S.C3H8/c1-8-11-17-27(31(43)33(45)37-19-9-2)38-32(44)28-18-14-20-42(28)34(46)30(26-21-24-15-12-13-16-25(24)22-26)40-35(47)39-29(36(4,5)6)23-41(7)48-10-3;1-3-2/h9,12-13,15-16,26-30H,2,8,10-11,14,17-23H2,1,3-7H3,(H,37,45)(H,38,44)(H2,39,40,47);3H2,1-2H3. The highest BCUT2D eigenvalue weighted by molar-refractivity contribution is 7.96. The molecular weight excluding hydrogens is 665 g/mol. The smallest absolute Gasteiger partial charge is 0.315 e. The maximum Gasteiger partial charge on any atom is 0.315 e. The van der Waals surface area contributed by atoms with E-state index in [1.54, 1.807) is 16.8 Å². The first kappa shape index (κ1) is 43.8. The molecule has 0 bridgehead atoms. The lowest BCUT2D eigenvalue weighted by molar-refractivity contribution is -0.143. The fraction of sp³-hybridized carbons (Fsp3) is 0.667. The Kier molecular flexibility index (Phi) is 18.8. The minimum Gasteiger partial charge on any atom is -0.346 e. The van der Waals surface area contributed by atoms with Crippen LogP contribution >= 0.6 is 11.9 Å². The molecule has 0 saturated carbocycles. The van der Waals surface area contributed by atoms with Crippen molar-refractivity contribution in [3.8, 4) is 0 Å². The van der Waals surface area contributed by atoms with Crippen molar-refractivity contribution >= 4 is 41.5 Å². The highest BCUT2D eigenvalue weighted by Crippen LogP contribution is 2.31. The van der Waals surface area contributed by atoms with Gasteiger partial charge in [0.15, 0.2) is 0 Å². The second-order valence-corrected chi connectivity index (χ2v) is 16.1. The molecule has 4 N–H and O–H groups in total. The summed E-state index contributed by atoms with van der Waals surface area (Å²) in [6.07, 6.45) is 6.76. The number of Topliss-reactive ketones (excluding diaryl/α,β-unsaturated/α-hetero) is 1. The number of urea groups is 1. The second-order valence-electron chi connectivity index (χ2n) is 14.6. The number of carbonyl (C=O) groups is 5. The van der Waals surface area contributed by atoms with Crippen LogP contribution in [-0.2, 0) is 32.0 Å². The van der Waals surface area contributed by atoms with Gasteiger partial charge in [0.25, 0.3) is 5.91 Å². The Bertz CT molecular complexity index is 1290. The highest BCUT2D eigenvalue weighted by Gasteiger charge is 2.43. The van der Waals surface area contributed by atoms with Crippen LogP contribution in [0.15, 0.2) is 36.9 Å². The van der Waals surface area contributed by atoms with Crippen molar-refractivity contribution in [3.05, 3.63) is 48.0 Å². The summed E-state index contributed by atoms with van der Waals surface area (Å²) in [6.45, 7) is 19.2. The van der Waals surface area contributed by atoms with Gasteiger partial charge in [0.05, 0.1) is 6.04 Å². The maximum atomic E-state index is 14.4. The number of likely N-dealkylation sites (N-methyl/N-ethyl adjacent to an activating group) is 1. The number of amides is 5. The third-order valence-electron chi connectivity index (χ3n) is 9.20. The van der Waals surface area contributed by atoms with E-state index in [-0.39, 0.29) is 29.8 Å². The SMILES string of the molecule is C=CCNC(=O)C(=O)C(CCCC)NC(=O)C1CCCN1C(=O)C(NC(=O)NC(CN(C)SCC)C(C)(C)C)C1Cc2ccccc2C1.CCC. The van der Waals surface area contributed by atoms with Crippen molar-refractivity contribution < 1.29 is 24.0 Å². The van der Waals surface area contributed by atoms with Gasteiger partial charge in [0.2, 0.25) is 17.6 Å². The lowest BCUT2D eigenvalue weighted by Gasteiger charge is -2.36. The van der Waals surface area contributed by atoms with Crippen LogP contribution in [0.5, 0.6) is 0 Å². The molecule has 1 fully saturated rings. The van der Waals surface area contributed by atoms with E-state index in [0.717, 1.165) is 23.3 Å². The molecule has 11 nitrogen and oxygen atoms in total. The Hall–Kier alpha value is -3.38. The molecule has 0 aromatic heterocycles. The average molecular weight is 729 g/mol. The van der Waals surface area contributed by atoms with E-state index in [9.17, 15) is 24.0 Å². The van der Waals surface area contributed by atoms with Gasteiger partial charge in [-0.3, -0.25) is 23.5 Å². The summed E-state index contributed by atoms with van der Waals surface area (Å²) in [5.41, 5.74) is 2.06. The molecule has 4 atom stereocenters. The normalized spacial score (nSPS) is 17.4. The first-order valence-electron chi connectivity index (χ1n) is 18.7. The van der Waals surface area contributed by atoms with Crippen molar-refractivity contribution in [2.24, 2.45) is 11.3 Å². The molecule has 51 heavy (non-hydrogen) atoms. The second kappa shape index (κ2) is 21.9. The van der Waals surface area contributed by atoms with Gasteiger partial charge in [-0.2, -0.15) is 0 Å². The molecule has 12 heteroatoms. The zero-order valence-electron chi connectivity index (χ0n) is 32.3. The van der Waals surface area contributed by atoms with Crippen LogP contribution in [-0.4, -0.2) is 95.3 Å². The lowest BCUT2D eigenvalue weighted by Crippen LogP contribution is -2.60. The molecule has 1 heterocycles. The van der Waals surface area contributed by atoms with Gasteiger partial charge in [0.1, 0.15) is 12.1 Å². The molecule has 1 aliphatic heterocycles. The van der Waals surface area contributed by atoms with Gasteiger partial charge in [-0.1, -0.05) is 110 Å². The van der Waals surface area contributed by atoms with Gasteiger partial charge in [-0.25, -0.2) is 4.79 Å². The van der Waals surface area contributed by atoms with E-state index in [1.807, 2.05) is 26.1 Å². The quantitative estimate of drug-likeness (QED) is 0.100. The number of hydrogen-bond acceptors (Lipinski definition) is 7. The molecule has 5 amide bonds. The molecule has 1 saturated heterocycles. The predicted molar refractivity (Wildman–Crippen MR) is 207 cm³/mol. The number of hydrogen-bond donors (Lipinski definition) is 4. The summed E-state index contributed by atoms with van der Waals surface area (Å²) in [5.74, 6) is -1.55. The molecular formula is C39H64N6O5S. The number of unbranched alkanes of at least 4 members (excludes halogenated alkanes) is 1. The molecule has 0 radical (unpaired) electrons. The third-order valence-corrected chi connectivity index (χ3v) is 10.0. The molecule has 2 aliphatic rings. The zero-order chi connectivity index (χ0) is 38.1. The first-order chi connectivity index (χ1) is 24.2. The molecule has 0 spiro atoms. The van der Waals surface area contributed by atoms with Gasteiger partial charge in [-0.05, 0) is 61.6 Å². The van der Waals surface area contributed by atoms with Gasteiger partial charge in [-0.15, -0.1) is 6.58 Å². The molecule has 286 valence electrons. The summed E-state index contributed by atoms with van der Waals surface area (Å²) in [7, 11) is 2.00. The summed E-state index contributed by atoms with van der Waals surface area (Å²) in [5, 5.41) is 11.5. The van der Waals surface area contributed by atoms with E-state index in [1.165, 1.54) is 12.5 Å². The van der Waals surface area contributed by atoms with E-state index in [0.29, 0.717) is 51.6 Å². The molecule has 1 aliphatic carbocycles. The van der Waals surface area contributed by atoms with Crippen LogP contribution in [0.2, 0.25) is 0 Å². The Morgan fingerprint density at radius 2 is 1.65 bits per heavy atom. The fourth-order valence-corrected chi connectivity index (χ4v) is 7.15. The van der Waals surface area contributed by atoms with E-state index < -0.39 is 41.8 Å². The van der Waals surface area contributed by atoms with Gasteiger partial charge >= 0.3 is 6.03 Å². The third kappa shape index (κ3) is 13.6. The highest BCUT2D eigenvalue weighted by atomic mass is 32.2. The van der Waals surface area contributed by atoms with Crippen LogP contribution in [0, 0.1) is 11.3 Å². The van der Waals surface area contributed by atoms with Crippen LogP contribution in [0.1, 0.15) is 98.1 Å². The molecule has 1 aromatic carbocycles. The number of nitrogens with one attached hydrogen (secondary N) is 4. The van der Waals surface area contributed by atoms with Crippen molar-refractivity contribution in [3.63, 3.8) is 0 Å². The number of rotatable bonds is 17. The van der Waals surface area contributed by atoms with Crippen molar-refractivity contribution in [2.75, 3.05) is 32.4 Å². The maximum absolute atomic E-state index is 14.4. The molecule has 3 rings (SSSR count). The summed E-state index contributed by atoms with van der Waals surface area (Å²) >= 11 is 1.69. The largest absolute Gasteiger partial charge is 0.346 e. The van der Waals surface area contributed by atoms with E-state index in [2.05, 4.69) is 85.8 Å². The number of fused-ring (bicyclic) bond motifs is 1. The minimum absolute atomic E-state index is 0.141. The van der Waals surface area contributed by atoms with Crippen LogP contribution < -0.4 is 21.3 Å². The summed E-state index contributed by atoms with van der Waals surface area (Å²) in [4.78, 5) is 68.9. The Morgan fingerprint density at radius 1 is 1.02 bits per heavy atom. The number of likely N-dealkylation sites (tertiary alicyclic amines) is 1. The molecule has 4 unspecified atom stereocenters. The number of carbonyl (C=O) groups excluding carboxylic acids is 5. The Labute approximate surface area is 311 Å². The summed E-state index contributed by atoms with van der Waals surface area (Å²) < 4.78 is 2.11. The van der Waals surface area contributed by atoms with Gasteiger partial charge in [0, 0.05) is 31.4 Å². The lowest BCUT2D eigenvalue weighted by atomic mass is 9.86. The van der Waals surface area contributed by atoms with Crippen LogP contribution in [0.25, 0.3) is 0 Å².